The molecule has 116 valence electrons. The van der Waals surface area contributed by atoms with Gasteiger partial charge in [0.15, 0.2) is 6.29 Å². The molecule has 0 unspecified atom stereocenters. The number of carboxylic acid groups (broad SMARTS) is 2. The average molecular weight is 289 g/mol. The molecule has 20 heavy (non-hydrogen) atoms. The molecule has 3 N–H and O–H groups in total. The van der Waals surface area contributed by atoms with Crippen LogP contribution in [0.3, 0.4) is 0 Å². The number of hydrogen-bond acceptors (Lipinski definition) is 5. The van der Waals surface area contributed by atoms with Crippen molar-refractivity contribution in [2.75, 3.05) is 19.8 Å². The van der Waals surface area contributed by atoms with Gasteiger partial charge < -0.3 is 25.0 Å². The van der Waals surface area contributed by atoms with E-state index in [0.29, 0.717) is 26.2 Å². The highest BCUT2D eigenvalue weighted by Gasteiger charge is 2.28. The summed E-state index contributed by atoms with van der Waals surface area (Å²) in [5.74, 6) is -2.04. The van der Waals surface area contributed by atoms with Gasteiger partial charge in [0.2, 0.25) is 0 Å². The Balaban J connectivity index is 2.24. The van der Waals surface area contributed by atoms with Crippen molar-refractivity contribution in [3.63, 3.8) is 0 Å². The second-order valence-electron chi connectivity index (χ2n) is 5.78. The molecule has 0 bridgehead atoms. The van der Waals surface area contributed by atoms with Gasteiger partial charge in [0.1, 0.15) is 6.04 Å². The molecular formula is C13H23NO6. The molecule has 0 saturated carbocycles. The molecule has 1 fully saturated rings. The van der Waals surface area contributed by atoms with E-state index in [-0.39, 0.29) is 24.5 Å². The third-order valence-corrected chi connectivity index (χ3v) is 3.04. The van der Waals surface area contributed by atoms with Crippen LogP contribution in [-0.4, -0.2) is 54.2 Å². The molecule has 7 nitrogen and oxygen atoms in total. The van der Waals surface area contributed by atoms with E-state index < -0.39 is 18.0 Å². The molecule has 0 aromatic heterocycles. The van der Waals surface area contributed by atoms with Crippen LogP contribution in [0.4, 0.5) is 0 Å². The molecule has 0 aromatic rings. The van der Waals surface area contributed by atoms with Gasteiger partial charge in [-0.15, -0.1) is 0 Å². The Morgan fingerprint density at radius 1 is 1.30 bits per heavy atom. The number of hydrogen-bond donors (Lipinski definition) is 3. The van der Waals surface area contributed by atoms with Crippen LogP contribution >= 0.6 is 0 Å². The van der Waals surface area contributed by atoms with Gasteiger partial charge in [0.25, 0.3) is 0 Å². The lowest BCUT2D eigenvalue weighted by Gasteiger charge is -2.34. The van der Waals surface area contributed by atoms with E-state index in [1.54, 1.807) is 0 Å². The van der Waals surface area contributed by atoms with Crippen molar-refractivity contribution in [3.8, 4) is 0 Å². The highest BCUT2D eigenvalue weighted by atomic mass is 16.7. The Hall–Kier alpha value is -1.18. The van der Waals surface area contributed by atoms with Crippen molar-refractivity contribution in [1.29, 1.82) is 0 Å². The number of nitrogens with one attached hydrogen (secondary N) is 1. The van der Waals surface area contributed by atoms with E-state index in [1.807, 2.05) is 13.8 Å². The lowest BCUT2D eigenvalue weighted by Crippen LogP contribution is -2.42. The minimum Gasteiger partial charge on any atom is -0.481 e. The Labute approximate surface area is 118 Å². The smallest absolute Gasteiger partial charge is 0.320 e. The van der Waals surface area contributed by atoms with E-state index in [0.717, 1.165) is 0 Å². The first-order chi connectivity index (χ1) is 9.30. The highest BCUT2D eigenvalue weighted by Crippen LogP contribution is 2.23. The molecule has 0 aliphatic carbocycles. The van der Waals surface area contributed by atoms with Crippen molar-refractivity contribution in [1.82, 2.24) is 5.32 Å². The molecular weight excluding hydrogens is 266 g/mol. The minimum absolute atomic E-state index is 0.00894. The fourth-order valence-corrected chi connectivity index (χ4v) is 1.85. The van der Waals surface area contributed by atoms with Crippen LogP contribution in [0.1, 0.15) is 33.1 Å². The third kappa shape index (κ3) is 6.31. The summed E-state index contributed by atoms with van der Waals surface area (Å²) in [6.07, 6.45) is 0.0930. The summed E-state index contributed by atoms with van der Waals surface area (Å²) in [7, 11) is 0. The van der Waals surface area contributed by atoms with Gasteiger partial charge in [0, 0.05) is 24.8 Å². The SMILES string of the molecule is CC1(C)COC(CCN[C@@H](CCC(=O)O)C(=O)O)OC1. The van der Waals surface area contributed by atoms with Crippen LogP contribution < -0.4 is 5.32 Å². The maximum Gasteiger partial charge on any atom is 0.320 e. The fraction of sp³-hybridized carbons (Fsp3) is 0.846. The Bertz CT molecular complexity index is 334. The maximum absolute atomic E-state index is 11.0. The Morgan fingerprint density at radius 2 is 1.90 bits per heavy atom. The van der Waals surface area contributed by atoms with Crippen LogP contribution in [0.2, 0.25) is 0 Å². The zero-order chi connectivity index (χ0) is 15.2. The summed E-state index contributed by atoms with van der Waals surface area (Å²) in [5, 5.41) is 20.4. The molecule has 1 rings (SSSR count). The molecule has 0 spiro atoms. The monoisotopic (exact) mass is 289 g/mol. The summed E-state index contributed by atoms with van der Waals surface area (Å²) in [6, 6.07) is -0.855. The van der Waals surface area contributed by atoms with Gasteiger partial charge in [-0.25, -0.2) is 0 Å². The molecule has 7 heteroatoms. The number of aliphatic carboxylic acids is 2. The standard InChI is InChI=1S/C13H23NO6/c1-13(2)7-19-11(20-8-13)5-6-14-9(12(17)18)3-4-10(15)16/h9,11,14H,3-8H2,1-2H3,(H,15,16)(H,17,18)/t9-/m0/s1. The Kier molecular flexibility index (Phi) is 6.38. The number of ether oxygens (including phenoxy) is 2. The van der Waals surface area contributed by atoms with Crippen LogP contribution in [0.15, 0.2) is 0 Å². The zero-order valence-electron chi connectivity index (χ0n) is 11.9. The molecule has 0 aromatic carbocycles. The largest absolute Gasteiger partial charge is 0.481 e. The lowest BCUT2D eigenvalue weighted by atomic mass is 9.95. The van der Waals surface area contributed by atoms with E-state index in [2.05, 4.69) is 5.32 Å². The van der Waals surface area contributed by atoms with Gasteiger partial charge in [-0.2, -0.15) is 0 Å². The van der Waals surface area contributed by atoms with E-state index in [9.17, 15) is 9.59 Å². The van der Waals surface area contributed by atoms with Crippen LogP contribution in [-0.2, 0) is 19.1 Å². The molecule has 0 amide bonds. The van der Waals surface area contributed by atoms with E-state index >= 15 is 0 Å². The first-order valence-corrected chi connectivity index (χ1v) is 6.71. The van der Waals surface area contributed by atoms with Gasteiger partial charge in [-0.1, -0.05) is 13.8 Å². The van der Waals surface area contributed by atoms with Crippen LogP contribution in [0, 0.1) is 5.41 Å². The third-order valence-electron chi connectivity index (χ3n) is 3.04. The molecule has 1 aliphatic heterocycles. The maximum atomic E-state index is 11.0. The second-order valence-corrected chi connectivity index (χ2v) is 5.78. The highest BCUT2D eigenvalue weighted by molar-refractivity contribution is 5.75. The van der Waals surface area contributed by atoms with Crippen LogP contribution in [0.5, 0.6) is 0 Å². The number of carboxylic acids is 2. The van der Waals surface area contributed by atoms with Gasteiger partial charge >= 0.3 is 11.9 Å². The molecule has 1 heterocycles. The van der Waals surface area contributed by atoms with Gasteiger partial charge in [0.05, 0.1) is 13.2 Å². The first-order valence-electron chi connectivity index (χ1n) is 6.71. The van der Waals surface area contributed by atoms with Crippen molar-refractivity contribution >= 4 is 11.9 Å². The Morgan fingerprint density at radius 3 is 2.40 bits per heavy atom. The summed E-state index contributed by atoms with van der Waals surface area (Å²) in [4.78, 5) is 21.4. The fourth-order valence-electron chi connectivity index (χ4n) is 1.85. The summed E-state index contributed by atoms with van der Waals surface area (Å²) in [5.41, 5.74) is 0.00894. The molecule has 1 aliphatic rings. The van der Waals surface area contributed by atoms with Gasteiger partial charge in [-0.05, 0) is 6.42 Å². The topological polar surface area (TPSA) is 105 Å². The molecule has 0 radical (unpaired) electrons. The normalized spacial score (nSPS) is 20.5. The van der Waals surface area contributed by atoms with E-state index in [4.69, 9.17) is 19.7 Å². The van der Waals surface area contributed by atoms with Crippen molar-refractivity contribution in [2.24, 2.45) is 5.41 Å². The summed E-state index contributed by atoms with van der Waals surface area (Å²) in [6.45, 7) is 5.72. The van der Waals surface area contributed by atoms with Crippen molar-refractivity contribution < 1.29 is 29.3 Å². The number of rotatable bonds is 8. The number of carbonyl (C=O) groups is 2. The second kappa shape index (κ2) is 7.56. The average Bonchev–Trinajstić information content (AvgIpc) is 2.34. The summed E-state index contributed by atoms with van der Waals surface area (Å²) < 4.78 is 11.1. The van der Waals surface area contributed by atoms with E-state index in [1.165, 1.54) is 0 Å². The molecule has 1 saturated heterocycles. The lowest BCUT2D eigenvalue weighted by molar-refractivity contribution is -0.223. The minimum atomic E-state index is -1.04. The van der Waals surface area contributed by atoms with Crippen LogP contribution in [0.25, 0.3) is 0 Å². The van der Waals surface area contributed by atoms with Crippen molar-refractivity contribution in [2.45, 2.75) is 45.4 Å². The van der Waals surface area contributed by atoms with Gasteiger partial charge in [-0.3, -0.25) is 9.59 Å². The first kappa shape index (κ1) is 16.9. The summed E-state index contributed by atoms with van der Waals surface area (Å²) >= 11 is 0. The van der Waals surface area contributed by atoms with Crippen molar-refractivity contribution in [3.05, 3.63) is 0 Å². The quantitative estimate of drug-likeness (QED) is 0.603. The molecule has 1 atom stereocenters. The zero-order valence-corrected chi connectivity index (χ0v) is 11.9. The predicted molar refractivity (Wildman–Crippen MR) is 70.4 cm³/mol. The predicted octanol–water partition coefficient (Wildman–Crippen LogP) is 0.683.